The molecule has 11 heteroatoms. The maximum absolute atomic E-state index is 13.3. The number of hydrogen-bond donors (Lipinski definition) is 0. The third-order valence-corrected chi connectivity index (χ3v) is 5.13. The highest BCUT2D eigenvalue weighted by molar-refractivity contribution is 5.34. The lowest BCUT2D eigenvalue weighted by Gasteiger charge is -2.29. The van der Waals surface area contributed by atoms with Crippen molar-refractivity contribution < 1.29 is 26.3 Å². The van der Waals surface area contributed by atoms with E-state index in [1.165, 1.54) is 0 Å². The van der Waals surface area contributed by atoms with Crippen LogP contribution in [0.3, 0.4) is 0 Å². The van der Waals surface area contributed by atoms with Crippen LogP contribution in [0.25, 0.3) is 0 Å². The van der Waals surface area contributed by atoms with Crippen LogP contribution in [-0.4, -0.2) is 31.7 Å². The summed E-state index contributed by atoms with van der Waals surface area (Å²) in [6.45, 7) is 0.806. The predicted octanol–water partition coefficient (Wildman–Crippen LogP) is 4.71. The molecule has 0 radical (unpaired) electrons. The van der Waals surface area contributed by atoms with Gasteiger partial charge in [0.1, 0.15) is 0 Å². The predicted molar refractivity (Wildman–Crippen MR) is 97.6 cm³/mol. The van der Waals surface area contributed by atoms with Crippen LogP contribution in [0.4, 0.5) is 26.3 Å². The summed E-state index contributed by atoms with van der Waals surface area (Å²) in [6, 6.07) is 10.2. The first-order valence-electron chi connectivity index (χ1n) is 9.46. The molecule has 0 bridgehead atoms. The largest absolute Gasteiger partial charge is 0.416 e. The second-order valence-corrected chi connectivity index (χ2v) is 7.31. The van der Waals surface area contributed by atoms with Crippen LogP contribution in [-0.2, 0) is 25.4 Å². The van der Waals surface area contributed by atoms with Gasteiger partial charge in [-0.3, -0.25) is 4.90 Å². The monoisotopic (exact) mass is 441 g/mol. The fourth-order valence-electron chi connectivity index (χ4n) is 3.79. The minimum Gasteiger partial charge on any atom is -0.285 e. The first kappa shape index (κ1) is 21.3. The van der Waals surface area contributed by atoms with Gasteiger partial charge in [0.05, 0.1) is 17.2 Å². The Labute approximate surface area is 173 Å². The number of benzene rings is 2. The zero-order valence-electron chi connectivity index (χ0n) is 16.0. The molecule has 2 heterocycles. The van der Waals surface area contributed by atoms with E-state index in [2.05, 4.69) is 15.5 Å². The van der Waals surface area contributed by atoms with Crippen LogP contribution < -0.4 is 0 Å². The quantitative estimate of drug-likeness (QED) is 0.553. The zero-order chi connectivity index (χ0) is 22.2. The van der Waals surface area contributed by atoms with E-state index < -0.39 is 29.5 Å². The van der Waals surface area contributed by atoms with Gasteiger partial charge in [-0.1, -0.05) is 30.3 Å². The van der Waals surface area contributed by atoms with Crippen molar-refractivity contribution in [1.82, 2.24) is 25.1 Å². The Balaban J connectivity index is 1.77. The fourth-order valence-corrected chi connectivity index (χ4v) is 3.79. The van der Waals surface area contributed by atoms with Crippen LogP contribution in [0.2, 0.25) is 0 Å². The summed E-state index contributed by atoms with van der Waals surface area (Å²) in [5.41, 5.74) is -1.94. The number of alkyl halides is 6. The summed E-state index contributed by atoms with van der Waals surface area (Å²) in [7, 11) is 0. The number of hydrogen-bond acceptors (Lipinski definition) is 4. The van der Waals surface area contributed by atoms with Crippen molar-refractivity contribution in [2.75, 3.05) is 6.54 Å². The first-order chi connectivity index (χ1) is 14.6. The molecule has 0 N–H and O–H groups in total. The number of tetrazole rings is 1. The molecule has 0 saturated heterocycles. The van der Waals surface area contributed by atoms with E-state index in [1.54, 1.807) is 21.7 Å². The van der Waals surface area contributed by atoms with Gasteiger partial charge in [0.2, 0.25) is 0 Å². The van der Waals surface area contributed by atoms with E-state index in [-0.39, 0.29) is 18.2 Å². The second-order valence-electron chi connectivity index (χ2n) is 7.31. The molecule has 3 aromatic rings. The van der Waals surface area contributed by atoms with E-state index in [1.807, 2.05) is 18.2 Å². The molecular formula is C20H17F6N5. The highest BCUT2D eigenvalue weighted by atomic mass is 19.4. The molecule has 5 nitrogen and oxygen atoms in total. The Kier molecular flexibility index (Phi) is 5.46. The summed E-state index contributed by atoms with van der Waals surface area (Å²) in [6.07, 6.45) is -9.19. The van der Waals surface area contributed by atoms with Crippen LogP contribution >= 0.6 is 0 Å². The molecule has 1 aliphatic rings. The minimum atomic E-state index is -4.89. The van der Waals surface area contributed by atoms with Gasteiger partial charge in [-0.15, -0.1) is 5.10 Å². The summed E-state index contributed by atoms with van der Waals surface area (Å²) in [5.74, 6) is 0.492. The van der Waals surface area contributed by atoms with Gasteiger partial charge in [-0.25, -0.2) is 4.68 Å². The summed E-state index contributed by atoms with van der Waals surface area (Å²) in [4.78, 5) is 1.81. The van der Waals surface area contributed by atoms with Gasteiger partial charge in [0.15, 0.2) is 5.82 Å². The number of fused-ring (bicyclic) bond motifs is 1. The fraction of sp³-hybridized carbons (Fsp3) is 0.350. The average Bonchev–Trinajstić information content (AvgIpc) is 3.08. The van der Waals surface area contributed by atoms with Crippen molar-refractivity contribution in [2.24, 2.45) is 0 Å². The van der Waals surface area contributed by atoms with Crippen molar-refractivity contribution in [2.45, 2.75) is 37.9 Å². The highest BCUT2D eigenvalue weighted by Crippen LogP contribution is 2.38. The van der Waals surface area contributed by atoms with Crippen molar-refractivity contribution in [1.29, 1.82) is 0 Å². The normalized spacial score (nSPS) is 17.9. The maximum Gasteiger partial charge on any atom is 0.416 e. The molecule has 0 saturated carbocycles. The van der Waals surface area contributed by atoms with Gasteiger partial charge in [0, 0.05) is 19.6 Å². The molecule has 1 aliphatic heterocycles. The third-order valence-electron chi connectivity index (χ3n) is 5.13. The first-order valence-corrected chi connectivity index (χ1v) is 9.46. The van der Waals surface area contributed by atoms with Gasteiger partial charge in [-0.05, 0) is 46.2 Å². The van der Waals surface area contributed by atoms with Crippen LogP contribution in [0, 0.1) is 0 Å². The van der Waals surface area contributed by atoms with Gasteiger partial charge in [0.25, 0.3) is 0 Å². The van der Waals surface area contributed by atoms with E-state index >= 15 is 0 Å². The van der Waals surface area contributed by atoms with Crippen LogP contribution in [0.5, 0.6) is 0 Å². The lowest BCUT2D eigenvalue weighted by molar-refractivity contribution is -0.143. The van der Waals surface area contributed by atoms with Crippen molar-refractivity contribution in [3.8, 4) is 0 Å². The molecule has 1 aromatic heterocycles. The molecule has 1 atom stereocenters. The van der Waals surface area contributed by atoms with E-state index in [0.29, 0.717) is 25.3 Å². The van der Waals surface area contributed by atoms with Crippen molar-refractivity contribution in [3.63, 3.8) is 0 Å². The Morgan fingerprint density at radius 3 is 2.13 bits per heavy atom. The van der Waals surface area contributed by atoms with Gasteiger partial charge < -0.3 is 0 Å². The third kappa shape index (κ3) is 4.55. The number of aryl methyl sites for hydroxylation is 1. The van der Waals surface area contributed by atoms with E-state index in [4.69, 9.17) is 0 Å². The van der Waals surface area contributed by atoms with E-state index in [9.17, 15) is 26.3 Å². The second kappa shape index (κ2) is 7.95. The Morgan fingerprint density at radius 1 is 0.871 bits per heavy atom. The molecule has 1 unspecified atom stereocenters. The molecule has 164 valence electrons. The summed E-state index contributed by atoms with van der Waals surface area (Å²) < 4.78 is 81.2. The van der Waals surface area contributed by atoms with Crippen molar-refractivity contribution >= 4 is 0 Å². The molecule has 0 spiro atoms. The maximum atomic E-state index is 13.3. The molecule has 0 aliphatic carbocycles. The zero-order valence-corrected chi connectivity index (χ0v) is 16.0. The number of rotatable bonds is 3. The summed E-state index contributed by atoms with van der Waals surface area (Å²) in [5, 5.41) is 11.7. The molecular weight excluding hydrogens is 424 g/mol. The molecule has 0 fully saturated rings. The van der Waals surface area contributed by atoms with Gasteiger partial charge in [-0.2, -0.15) is 26.3 Å². The lowest BCUT2D eigenvalue weighted by Crippen LogP contribution is -2.30. The molecule has 4 rings (SSSR count). The average molecular weight is 441 g/mol. The van der Waals surface area contributed by atoms with Crippen LogP contribution in [0.15, 0.2) is 48.5 Å². The minimum absolute atomic E-state index is 0.0796. The number of aromatic nitrogens is 4. The Hall–Kier alpha value is -2.95. The summed E-state index contributed by atoms with van der Waals surface area (Å²) >= 11 is 0. The van der Waals surface area contributed by atoms with Crippen molar-refractivity contribution in [3.05, 3.63) is 76.6 Å². The lowest BCUT2D eigenvalue weighted by atomic mass is 10.0. The topological polar surface area (TPSA) is 46.8 Å². The standard InChI is InChI=1S/C20H17F6N5/c21-19(22,23)15-9-13(10-16(11-15)20(24,25)26)12-30-7-4-8-31-18(27-28-29-31)17(30)14-5-2-1-3-6-14/h1-3,5-6,9-11,17H,4,7-8,12H2. The molecule has 31 heavy (non-hydrogen) atoms. The number of nitrogens with zero attached hydrogens (tertiary/aromatic N) is 5. The highest BCUT2D eigenvalue weighted by Gasteiger charge is 2.37. The number of halogens is 6. The molecule has 2 aromatic carbocycles. The smallest absolute Gasteiger partial charge is 0.285 e. The SMILES string of the molecule is FC(F)(F)c1cc(CN2CCCn3nnnc3C2c2ccccc2)cc(C(F)(F)F)c1. The Bertz CT molecular complexity index is 1010. The molecule has 0 amide bonds. The van der Waals surface area contributed by atoms with E-state index in [0.717, 1.165) is 17.7 Å². The van der Waals surface area contributed by atoms with Crippen LogP contribution in [0.1, 0.15) is 40.5 Å². The Morgan fingerprint density at radius 2 is 1.52 bits per heavy atom. The van der Waals surface area contributed by atoms with Gasteiger partial charge >= 0.3 is 12.4 Å².